The lowest BCUT2D eigenvalue weighted by Gasteiger charge is -2.10. The summed E-state index contributed by atoms with van der Waals surface area (Å²) in [5.74, 6) is 0. The highest BCUT2D eigenvalue weighted by Gasteiger charge is 2.13. The number of aryl methyl sites for hydroxylation is 3. The van der Waals surface area contributed by atoms with Gasteiger partial charge in [-0.1, -0.05) is 25.5 Å². The van der Waals surface area contributed by atoms with Crippen LogP contribution < -0.4 is 4.80 Å². The summed E-state index contributed by atoms with van der Waals surface area (Å²) < 4.78 is 2.12. The summed E-state index contributed by atoms with van der Waals surface area (Å²) in [7, 11) is 0. The molecule has 0 amide bonds. The molecule has 19 heavy (non-hydrogen) atoms. The zero-order valence-electron chi connectivity index (χ0n) is 12.2. The number of aromatic nitrogens is 1. The number of thiazole rings is 1. The van der Waals surface area contributed by atoms with Crippen LogP contribution in [0.25, 0.3) is 11.3 Å². The predicted molar refractivity (Wildman–Crippen MR) is 82.7 cm³/mol. The minimum Gasteiger partial charge on any atom is -0.317 e. The molecule has 0 unspecified atom stereocenters. The fraction of sp³-hybridized carbons (Fsp3) is 0.438. The highest BCUT2D eigenvalue weighted by Crippen LogP contribution is 2.28. The number of hydrogen-bond acceptors (Lipinski definition) is 2. The third-order valence-corrected chi connectivity index (χ3v) is 4.63. The Bertz CT molecular complexity index is 635. The van der Waals surface area contributed by atoms with Crippen LogP contribution in [-0.4, -0.2) is 4.57 Å². The fourth-order valence-electron chi connectivity index (χ4n) is 2.38. The molecule has 2 nitrogen and oxygen atoms in total. The molecule has 1 aromatic heterocycles. The molecule has 0 radical (unpaired) electrons. The Hall–Kier alpha value is -1.35. The second kappa shape index (κ2) is 5.74. The maximum absolute atomic E-state index is 8.14. The molecule has 0 spiro atoms. The van der Waals surface area contributed by atoms with E-state index in [1.54, 1.807) is 11.3 Å². The van der Waals surface area contributed by atoms with E-state index in [2.05, 4.69) is 50.5 Å². The second-order valence-electron chi connectivity index (χ2n) is 4.97. The molecular weight excluding hydrogens is 252 g/mol. The first-order chi connectivity index (χ1) is 9.08. The van der Waals surface area contributed by atoms with Crippen molar-refractivity contribution in [1.82, 2.24) is 4.57 Å². The lowest BCUT2D eigenvalue weighted by molar-refractivity contribution is 0.731. The zero-order chi connectivity index (χ0) is 14.0. The van der Waals surface area contributed by atoms with Gasteiger partial charge >= 0.3 is 0 Å². The highest BCUT2D eigenvalue weighted by atomic mass is 32.1. The van der Waals surface area contributed by atoms with E-state index in [0.29, 0.717) is 4.80 Å². The first-order valence-electron chi connectivity index (χ1n) is 6.93. The number of nitrogens with zero attached hydrogens (tertiary/aromatic N) is 1. The van der Waals surface area contributed by atoms with Crippen LogP contribution in [0.5, 0.6) is 0 Å². The Morgan fingerprint density at radius 2 is 1.89 bits per heavy atom. The highest BCUT2D eigenvalue weighted by molar-refractivity contribution is 7.09. The van der Waals surface area contributed by atoms with Crippen molar-refractivity contribution in [2.75, 3.05) is 0 Å². The Kier molecular flexibility index (Phi) is 4.25. The molecule has 0 bridgehead atoms. The molecule has 1 aromatic carbocycles. The first kappa shape index (κ1) is 14.1. The molecule has 0 atom stereocenters. The van der Waals surface area contributed by atoms with E-state index in [1.807, 2.05) is 0 Å². The Morgan fingerprint density at radius 1 is 1.16 bits per heavy atom. The summed E-state index contributed by atoms with van der Waals surface area (Å²) in [6.07, 6.45) is 2.19. The molecule has 0 saturated carbocycles. The van der Waals surface area contributed by atoms with Gasteiger partial charge in [-0.3, -0.25) is 5.41 Å². The van der Waals surface area contributed by atoms with E-state index in [-0.39, 0.29) is 0 Å². The largest absolute Gasteiger partial charge is 0.317 e. The lowest BCUT2D eigenvalue weighted by atomic mass is 10.0. The van der Waals surface area contributed by atoms with Gasteiger partial charge in [0.1, 0.15) is 0 Å². The smallest absolute Gasteiger partial charge is 0.182 e. The van der Waals surface area contributed by atoms with E-state index in [4.69, 9.17) is 5.41 Å². The Balaban J connectivity index is 2.64. The maximum atomic E-state index is 8.14. The van der Waals surface area contributed by atoms with Gasteiger partial charge in [-0.05, 0) is 49.9 Å². The molecule has 3 heteroatoms. The summed E-state index contributed by atoms with van der Waals surface area (Å²) in [6.45, 7) is 9.47. The van der Waals surface area contributed by atoms with E-state index >= 15 is 0 Å². The summed E-state index contributed by atoms with van der Waals surface area (Å²) in [6, 6.07) is 6.62. The van der Waals surface area contributed by atoms with Crippen LogP contribution >= 0.6 is 11.3 Å². The summed E-state index contributed by atoms with van der Waals surface area (Å²) in [5, 5.41) is 8.14. The third kappa shape index (κ3) is 2.66. The van der Waals surface area contributed by atoms with Crippen LogP contribution in [0.4, 0.5) is 0 Å². The van der Waals surface area contributed by atoms with Crippen molar-refractivity contribution in [2.45, 2.75) is 47.1 Å². The summed E-state index contributed by atoms with van der Waals surface area (Å²) in [5.41, 5.74) is 5.15. The van der Waals surface area contributed by atoms with Gasteiger partial charge in [0.15, 0.2) is 4.80 Å². The molecule has 0 saturated heterocycles. The molecular formula is C16H22N2S. The van der Waals surface area contributed by atoms with Crippen molar-refractivity contribution >= 4 is 11.3 Å². The molecule has 2 rings (SSSR count). The molecule has 0 fully saturated rings. The Morgan fingerprint density at radius 3 is 2.47 bits per heavy atom. The van der Waals surface area contributed by atoms with Gasteiger partial charge in [-0.25, -0.2) is 0 Å². The van der Waals surface area contributed by atoms with Crippen LogP contribution in [0, 0.1) is 19.3 Å². The SMILES string of the molecule is CCCc1sc(=N)n(CC)c1-c1ccc(C)c(C)c1. The monoisotopic (exact) mass is 274 g/mol. The van der Waals surface area contributed by atoms with Crippen molar-refractivity contribution < 1.29 is 0 Å². The lowest BCUT2D eigenvalue weighted by Crippen LogP contribution is -2.12. The van der Waals surface area contributed by atoms with Gasteiger partial charge in [0, 0.05) is 11.4 Å². The van der Waals surface area contributed by atoms with Crippen LogP contribution in [0.2, 0.25) is 0 Å². The van der Waals surface area contributed by atoms with Gasteiger partial charge in [-0.2, -0.15) is 0 Å². The molecule has 0 aliphatic heterocycles. The van der Waals surface area contributed by atoms with Crippen molar-refractivity contribution in [1.29, 1.82) is 5.41 Å². The second-order valence-corrected chi connectivity index (χ2v) is 6.06. The standard InChI is InChI=1S/C16H22N2S/c1-5-7-14-15(18(6-2)16(17)19-14)13-9-8-11(3)12(4)10-13/h8-10,17H,5-7H2,1-4H3. The minimum atomic E-state index is 0.666. The Labute approximate surface area is 119 Å². The van der Waals surface area contributed by atoms with E-state index in [0.717, 1.165) is 19.4 Å². The average molecular weight is 274 g/mol. The number of rotatable bonds is 4. The molecule has 0 aliphatic rings. The first-order valence-corrected chi connectivity index (χ1v) is 7.74. The topological polar surface area (TPSA) is 28.8 Å². The number of benzene rings is 1. The van der Waals surface area contributed by atoms with Crippen molar-refractivity contribution in [2.24, 2.45) is 0 Å². The predicted octanol–water partition coefficient (Wildman–Crippen LogP) is 4.29. The van der Waals surface area contributed by atoms with Crippen LogP contribution in [0.15, 0.2) is 18.2 Å². The van der Waals surface area contributed by atoms with Crippen LogP contribution in [0.1, 0.15) is 36.3 Å². The van der Waals surface area contributed by atoms with E-state index in [1.165, 1.54) is 27.3 Å². The zero-order valence-corrected chi connectivity index (χ0v) is 13.0. The van der Waals surface area contributed by atoms with Gasteiger partial charge in [0.2, 0.25) is 0 Å². The quantitative estimate of drug-likeness (QED) is 0.862. The fourth-order valence-corrected chi connectivity index (χ4v) is 3.57. The molecule has 0 aliphatic carbocycles. The molecule has 1 heterocycles. The van der Waals surface area contributed by atoms with Crippen LogP contribution in [-0.2, 0) is 13.0 Å². The average Bonchev–Trinajstić information content (AvgIpc) is 2.69. The van der Waals surface area contributed by atoms with E-state index < -0.39 is 0 Å². The molecule has 1 N–H and O–H groups in total. The molecule has 102 valence electrons. The van der Waals surface area contributed by atoms with Crippen molar-refractivity contribution in [3.63, 3.8) is 0 Å². The van der Waals surface area contributed by atoms with Gasteiger partial charge in [0.25, 0.3) is 0 Å². The van der Waals surface area contributed by atoms with Gasteiger partial charge in [-0.15, -0.1) is 11.3 Å². The normalized spacial score (nSPS) is 10.9. The van der Waals surface area contributed by atoms with Crippen LogP contribution in [0.3, 0.4) is 0 Å². The number of hydrogen-bond donors (Lipinski definition) is 1. The number of nitrogens with one attached hydrogen (secondary N) is 1. The van der Waals surface area contributed by atoms with Crippen molar-refractivity contribution in [3.8, 4) is 11.3 Å². The summed E-state index contributed by atoms with van der Waals surface area (Å²) >= 11 is 1.62. The van der Waals surface area contributed by atoms with E-state index in [9.17, 15) is 0 Å². The van der Waals surface area contributed by atoms with Gasteiger partial charge < -0.3 is 4.57 Å². The summed E-state index contributed by atoms with van der Waals surface area (Å²) in [4.78, 5) is 2.01. The van der Waals surface area contributed by atoms with Crippen molar-refractivity contribution in [3.05, 3.63) is 39.0 Å². The third-order valence-electron chi connectivity index (χ3n) is 3.57. The molecule has 2 aromatic rings. The van der Waals surface area contributed by atoms with Gasteiger partial charge in [0.05, 0.1) is 5.69 Å². The minimum absolute atomic E-state index is 0.666. The maximum Gasteiger partial charge on any atom is 0.182 e.